The van der Waals surface area contributed by atoms with E-state index in [0.29, 0.717) is 23.5 Å². The van der Waals surface area contributed by atoms with Gasteiger partial charge in [-0.05, 0) is 98.5 Å². The van der Waals surface area contributed by atoms with Crippen molar-refractivity contribution in [3.63, 3.8) is 0 Å². The predicted molar refractivity (Wildman–Crippen MR) is 104 cm³/mol. The molecule has 148 valence electrons. The molecule has 0 saturated heterocycles. The van der Waals surface area contributed by atoms with Gasteiger partial charge in [-0.15, -0.1) is 0 Å². The van der Waals surface area contributed by atoms with Crippen molar-refractivity contribution in [1.82, 2.24) is 0 Å². The predicted octanol–water partition coefficient (Wildman–Crippen LogP) is 4.47. The Labute approximate surface area is 167 Å². The first-order valence-corrected chi connectivity index (χ1v) is 11.7. The first-order valence-electron chi connectivity index (χ1n) is 11.7. The summed E-state index contributed by atoms with van der Waals surface area (Å²) in [5.74, 6) is 6.11. The van der Waals surface area contributed by atoms with Crippen molar-refractivity contribution >= 4 is 11.8 Å². The Hall–Kier alpha value is -1.38. The highest BCUT2D eigenvalue weighted by Gasteiger charge is 2.78. The largest absolute Gasteiger partial charge is 0.451 e. The summed E-state index contributed by atoms with van der Waals surface area (Å²) in [4.78, 5) is 24.3. The zero-order chi connectivity index (χ0) is 18.8. The van der Waals surface area contributed by atoms with Crippen LogP contribution in [0.1, 0.15) is 58.3 Å². The Kier molecular flexibility index (Phi) is 2.94. The highest BCUT2D eigenvalue weighted by Crippen LogP contribution is 2.78. The summed E-state index contributed by atoms with van der Waals surface area (Å²) in [7, 11) is 0. The highest BCUT2D eigenvalue weighted by molar-refractivity contribution is 5.91. The SMILES string of the molecule is C[C@]12CCC3C(C1[C@H]1C[C@H]1[C@@]21C=CC(=O)O1)[C@@H](C1CC1)CC1=CC(=O)CC[C@@H]13. The van der Waals surface area contributed by atoms with Crippen molar-refractivity contribution in [3.8, 4) is 0 Å². The van der Waals surface area contributed by atoms with Crippen LogP contribution in [0.4, 0.5) is 0 Å². The number of ether oxygens (including phenoxy) is 1. The summed E-state index contributed by atoms with van der Waals surface area (Å²) in [6.07, 6.45) is 15.4. The molecule has 5 saturated carbocycles. The van der Waals surface area contributed by atoms with Gasteiger partial charge in [0.25, 0.3) is 0 Å². The molecule has 3 heteroatoms. The zero-order valence-electron chi connectivity index (χ0n) is 16.7. The molecule has 0 aromatic heterocycles. The minimum atomic E-state index is -0.308. The summed E-state index contributed by atoms with van der Waals surface area (Å²) in [6, 6.07) is 0. The molecule has 6 aliphatic carbocycles. The van der Waals surface area contributed by atoms with Gasteiger partial charge in [0.05, 0.1) is 0 Å². The lowest BCUT2D eigenvalue weighted by atomic mass is 9.46. The van der Waals surface area contributed by atoms with Crippen LogP contribution in [-0.4, -0.2) is 17.4 Å². The van der Waals surface area contributed by atoms with E-state index in [1.807, 2.05) is 6.08 Å². The van der Waals surface area contributed by atoms with Crippen LogP contribution in [0.3, 0.4) is 0 Å². The molecule has 0 N–H and O–H groups in total. The van der Waals surface area contributed by atoms with E-state index in [2.05, 4.69) is 13.0 Å². The molecule has 0 bridgehead atoms. The van der Waals surface area contributed by atoms with Gasteiger partial charge in [0.2, 0.25) is 0 Å². The third-order valence-electron chi connectivity index (χ3n) is 10.4. The highest BCUT2D eigenvalue weighted by atomic mass is 16.6. The van der Waals surface area contributed by atoms with Gasteiger partial charge in [-0.25, -0.2) is 4.79 Å². The Bertz CT molecular complexity index is 850. The lowest BCUT2D eigenvalue weighted by Crippen LogP contribution is -2.56. The molecule has 3 nitrogen and oxygen atoms in total. The average Bonchev–Trinajstić information content (AvgIpc) is 3.59. The third-order valence-corrected chi connectivity index (χ3v) is 10.4. The van der Waals surface area contributed by atoms with Crippen LogP contribution in [-0.2, 0) is 14.3 Å². The molecule has 5 fully saturated rings. The lowest BCUT2D eigenvalue weighted by Gasteiger charge is -2.59. The second-order valence-electron chi connectivity index (χ2n) is 11.3. The van der Waals surface area contributed by atoms with Crippen molar-refractivity contribution in [2.75, 3.05) is 0 Å². The number of fused-ring (bicyclic) bond motifs is 9. The average molecular weight is 379 g/mol. The number of hydrogen-bond donors (Lipinski definition) is 0. The number of hydrogen-bond acceptors (Lipinski definition) is 3. The second-order valence-corrected chi connectivity index (χ2v) is 11.3. The van der Waals surface area contributed by atoms with Crippen LogP contribution < -0.4 is 0 Å². The zero-order valence-corrected chi connectivity index (χ0v) is 16.7. The van der Waals surface area contributed by atoms with Crippen molar-refractivity contribution < 1.29 is 14.3 Å². The summed E-state index contributed by atoms with van der Waals surface area (Å²) in [5, 5.41) is 0. The minimum Gasteiger partial charge on any atom is -0.451 e. The van der Waals surface area contributed by atoms with E-state index in [1.165, 1.54) is 44.1 Å². The first-order chi connectivity index (χ1) is 13.5. The van der Waals surface area contributed by atoms with Crippen molar-refractivity contribution in [1.29, 1.82) is 0 Å². The van der Waals surface area contributed by atoms with E-state index >= 15 is 0 Å². The van der Waals surface area contributed by atoms with Crippen LogP contribution in [0, 0.1) is 52.8 Å². The van der Waals surface area contributed by atoms with E-state index in [1.54, 1.807) is 6.08 Å². The molecular formula is C25H30O3. The molecule has 1 aliphatic heterocycles. The maximum Gasteiger partial charge on any atom is 0.331 e. The molecule has 7 rings (SSSR count). The molecule has 0 amide bonds. The Morgan fingerprint density at radius 1 is 1.07 bits per heavy atom. The van der Waals surface area contributed by atoms with E-state index in [-0.39, 0.29) is 17.0 Å². The number of esters is 1. The fraction of sp³-hybridized carbons (Fsp3) is 0.760. The molecule has 0 radical (unpaired) electrons. The van der Waals surface area contributed by atoms with Gasteiger partial charge in [-0.1, -0.05) is 12.5 Å². The van der Waals surface area contributed by atoms with E-state index in [9.17, 15) is 9.59 Å². The number of carbonyl (C=O) groups is 2. The second kappa shape index (κ2) is 5.02. The number of rotatable bonds is 1. The van der Waals surface area contributed by atoms with Crippen molar-refractivity contribution in [2.45, 2.75) is 63.9 Å². The molecule has 3 unspecified atom stereocenters. The first kappa shape index (κ1) is 16.4. The third kappa shape index (κ3) is 1.83. The smallest absolute Gasteiger partial charge is 0.331 e. The number of ketones is 1. The van der Waals surface area contributed by atoms with Crippen LogP contribution in [0.25, 0.3) is 0 Å². The molecule has 9 atom stereocenters. The monoisotopic (exact) mass is 378 g/mol. The topological polar surface area (TPSA) is 43.4 Å². The normalized spacial score (nSPS) is 55.9. The molecule has 0 aromatic carbocycles. The molecule has 7 aliphatic rings. The minimum absolute atomic E-state index is 0.114. The van der Waals surface area contributed by atoms with Gasteiger partial charge in [-0.2, -0.15) is 0 Å². The van der Waals surface area contributed by atoms with Gasteiger partial charge in [0.15, 0.2) is 5.78 Å². The molecule has 1 heterocycles. The van der Waals surface area contributed by atoms with Crippen molar-refractivity contribution in [2.24, 2.45) is 52.8 Å². The van der Waals surface area contributed by atoms with Crippen molar-refractivity contribution in [3.05, 3.63) is 23.8 Å². The van der Waals surface area contributed by atoms with Gasteiger partial charge in [-0.3, -0.25) is 4.79 Å². The molecule has 28 heavy (non-hydrogen) atoms. The van der Waals surface area contributed by atoms with Gasteiger partial charge < -0.3 is 4.74 Å². The van der Waals surface area contributed by atoms with E-state index in [4.69, 9.17) is 4.74 Å². The van der Waals surface area contributed by atoms with E-state index in [0.717, 1.165) is 42.4 Å². The van der Waals surface area contributed by atoms with Gasteiger partial charge in [0, 0.05) is 23.8 Å². The fourth-order valence-electron chi connectivity index (χ4n) is 9.23. The fourth-order valence-corrected chi connectivity index (χ4v) is 9.23. The molecular weight excluding hydrogens is 348 g/mol. The van der Waals surface area contributed by atoms with Crippen LogP contribution in [0.2, 0.25) is 0 Å². The summed E-state index contributed by atoms with van der Waals surface area (Å²) in [6.45, 7) is 2.46. The Morgan fingerprint density at radius 3 is 2.68 bits per heavy atom. The quantitative estimate of drug-likeness (QED) is 0.632. The summed E-state index contributed by atoms with van der Waals surface area (Å²) < 4.78 is 6.14. The maximum atomic E-state index is 12.1. The summed E-state index contributed by atoms with van der Waals surface area (Å²) >= 11 is 0. The van der Waals surface area contributed by atoms with Crippen LogP contribution in [0.5, 0.6) is 0 Å². The molecule has 0 aromatic rings. The maximum absolute atomic E-state index is 12.1. The van der Waals surface area contributed by atoms with Crippen LogP contribution >= 0.6 is 0 Å². The molecule has 1 spiro atoms. The van der Waals surface area contributed by atoms with Gasteiger partial charge in [0.1, 0.15) is 5.60 Å². The summed E-state index contributed by atoms with van der Waals surface area (Å²) in [5.41, 5.74) is 1.31. The van der Waals surface area contributed by atoms with E-state index < -0.39 is 0 Å². The van der Waals surface area contributed by atoms with Crippen LogP contribution in [0.15, 0.2) is 23.8 Å². The lowest BCUT2D eigenvalue weighted by molar-refractivity contribution is -0.170. The number of allylic oxidation sites excluding steroid dienone is 1. The van der Waals surface area contributed by atoms with Gasteiger partial charge >= 0.3 is 5.97 Å². The number of carbonyl (C=O) groups excluding carboxylic acids is 2. The Balaban J connectivity index is 1.33. The Morgan fingerprint density at radius 2 is 1.93 bits per heavy atom. The standard InChI is InChI=1S/C25H30O3/c1-24-8-6-17-16-5-4-15(26)10-14(16)11-18(13-2-3-13)22(17)23(24)19-12-20(19)25(24)9-7-21(27)28-25/h7,9-10,13,16-20,22-23H,2-6,8,11-12H2,1H3/t16-,17?,18+,19-,20+,22?,23?,24-,25-/m0/s1.